The quantitative estimate of drug-likeness (QED) is 0.203. The van der Waals surface area contributed by atoms with Gasteiger partial charge in [-0.2, -0.15) is 4.37 Å². The van der Waals surface area contributed by atoms with Crippen LogP contribution in [0.4, 0.5) is 5.69 Å². The first-order valence-corrected chi connectivity index (χ1v) is 13.0. The normalized spacial score (nSPS) is 11.5. The first kappa shape index (κ1) is 28.0. The molecular weight excluding hydrogens is 542 g/mol. The summed E-state index contributed by atoms with van der Waals surface area (Å²) in [5.74, 6) is 1.81. The summed E-state index contributed by atoms with van der Waals surface area (Å²) in [6, 6.07) is 15.0. The van der Waals surface area contributed by atoms with Crippen LogP contribution < -0.4 is 29.1 Å². The van der Waals surface area contributed by atoms with Gasteiger partial charge in [0.15, 0.2) is 11.5 Å². The van der Waals surface area contributed by atoms with Crippen molar-refractivity contribution in [3.8, 4) is 51.1 Å². The van der Waals surface area contributed by atoms with Gasteiger partial charge in [-0.3, -0.25) is 4.79 Å². The van der Waals surface area contributed by atoms with E-state index >= 15 is 0 Å². The van der Waals surface area contributed by atoms with Crippen molar-refractivity contribution in [2.24, 2.45) is 0 Å². The molecule has 3 aromatic carbocycles. The smallest absolute Gasteiger partial charge is 0.243 e. The molecule has 3 N–H and O–H groups in total. The predicted octanol–water partition coefficient (Wildman–Crippen LogP) is 5.51. The molecule has 0 bridgehead atoms. The van der Waals surface area contributed by atoms with E-state index in [1.807, 2.05) is 29.6 Å². The maximum Gasteiger partial charge on any atom is 0.243 e. The van der Waals surface area contributed by atoms with E-state index in [0.717, 1.165) is 22.3 Å². The van der Waals surface area contributed by atoms with Crippen molar-refractivity contribution in [1.82, 2.24) is 9.21 Å². The van der Waals surface area contributed by atoms with Gasteiger partial charge in [0, 0.05) is 16.5 Å². The van der Waals surface area contributed by atoms with Gasteiger partial charge in [-0.15, -0.1) is 0 Å². The van der Waals surface area contributed by atoms with Crippen LogP contribution in [-0.4, -0.2) is 49.9 Å². The summed E-state index contributed by atoms with van der Waals surface area (Å²) < 4.78 is 26.6. The minimum Gasteiger partial charge on any atom is -0.508 e. The summed E-state index contributed by atoms with van der Waals surface area (Å²) in [5, 5.41) is 14.4. The fourth-order valence-electron chi connectivity index (χ4n) is 4.11. The van der Waals surface area contributed by atoms with Gasteiger partial charge in [0.05, 0.1) is 39.8 Å². The summed E-state index contributed by atoms with van der Waals surface area (Å²) in [6.07, 6.45) is 0.317. The molecule has 4 rings (SSSR count). The second-order valence-electron chi connectivity index (χ2n) is 8.43. The summed E-state index contributed by atoms with van der Waals surface area (Å²) in [6.45, 7) is 0. The Kier molecular flexibility index (Phi) is 9.13. The monoisotopic (exact) mass is 569 g/mol. The predicted molar refractivity (Wildman–Crippen MR) is 152 cm³/mol. The van der Waals surface area contributed by atoms with Gasteiger partial charge in [-0.05, 0) is 77.3 Å². The van der Waals surface area contributed by atoms with E-state index in [0.29, 0.717) is 40.8 Å². The highest BCUT2D eigenvalue weighted by molar-refractivity contribution is 7.04. The molecule has 1 heterocycles. The molecule has 11 heteroatoms. The Hall–Kier alpha value is -3.99. The topological polar surface area (TPSA) is 111 Å². The highest BCUT2D eigenvalue weighted by Crippen LogP contribution is 2.44. The number of hydrogen-bond acceptors (Lipinski definition) is 9. The zero-order valence-electron chi connectivity index (χ0n) is 21.8. The molecule has 204 valence electrons. The molecule has 0 aliphatic heterocycles. The second-order valence-corrected chi connectivity index (χ2v) is 9.27. The molecule has 0 saturated carbocycles. The van der Waals surface area contributed by atoms with Crippen LogP contribution in [0.15, 0.2) is 60.0 Å². The Labute approximate surface area is 235 Å². The Balaban J connectivity index is 1.66. The van der Waals surface area contributed by atoms with Crippen molar-refractivity contribution in [3.05, 3.63) is 65.5 Å². The number of carbonyl (C=O) groups excluding carboxylic acids is 1. The van der Waals surface area contributed by atoms with Crippen LogP contribution in [0.25, 0.3) is 22.4 Å². The van der Waals surface area contributed by atoms with Crippen molar-refractivity contribution in [2.75, 3.05) is 33.8 Å². The summed E-state index contributed by atoms with van der Waals surface area (Å²) in [5.41, 5.74) is 4.48. The van der Waals surface area contributed by atoms with Gasteiger partial charge in [-0.1, -0.05) is 18.2 Å². The highest BCUT2D eigenvalue weighted by atomic mass is 35.5. The summed E-state index contributed by atoms with van der Waals surface area (Å²) in [7, 11) is 6.21. The summed E-state index contributed by atoms with van der Waals surface area (Å²) in [4.78, 5) is 15.7. The van der Waals surface area contributed by atoms with Gasteiger partial charge in [0.1, 0.15) is 17.5 Å². The van der Waals surface area contributed by atoms with Crippen molar-refractivity contribution in [2.45, 2.75) is 12.5 Å². The third-order valence-electron chi connectivity index (χ3n) is 6.10. The largest absolute Gasteiger partial charge is 0.508 e. The van der Waals surface area contributed by atoms with Crippen LogP contribution in [-0.2, 0) is 11.2 Å². The van der Waals surface area contributed by atoms with Gasteiger partial charge in [-0.25, -0.2) is 4.84 Å². The van der Waals surface area contributed by atoms with E-state index in [1.165, 1.54) is 18.6 Å². The number of aromatic hydroxyl groups is 1. The van der Waals surface area contributed by atoms with Crippen LogP contribution in [0, 0.1) is 0 Å². The van der Waals surface area contributed by atoms with E-state index in [-0.39, 0.29) is 11.7 Å². The van der Waals surface area contributed by atoms with Crippen LogP contribution in [0.2, 0.25) is 0 Å². The first-order valence-electron chi connectivity index (χ1n) is 11.8. The SMILES string of the molecule is COc1ccc(-c2csnc2-c2cc(OC)c(OC)c(OC)c2)cc1NC(=O)[C@@H](Cc1ccc(O)cc1)NCl. The van der Waals surface area contributed by atoms with Crippen LogP contribution in [0.5, 0.6) is 28.7 Å². The van der Waals surface area contributed by atoms with Crippen molar-refractivity contribution >= 4 is 34.9 Å². The highest BCUT2D eigenvalue weighted by Gasteiger charge is 2.22. The van der Waals surface area contributed by atoms with Crippen LogP contribution in [0.3, 0.4) is 0 Å². The Morgan fingerprint density at radius 3 is 2.18 bits per heavy atom. The molecule has 0 aliphatic carbocycles. The Morgan fingerprint density at radius 1 is 0.923 bits per heavy atom. The Bertz CT molecular complexity index is 1420. The van der Waals surface area contributed by atoms with Crippen molar-refractivity contribution in [1.29, 1.82) is 0 Å². The lowest BCUT2D eigenvalue weighted by Crippen LogP contribution is -2.37. The molecule has 1 atom stereocenters. The number of rotatable bonds is 11. The number of anilines is 1. The molecule has 0 saturated heterocycles. The molecule has 0 aliphatic rings. The van der Waals surface area contributed by atoms with Crippen LogP contribution >= 0.6 is 23.3 Å². The number of phenolic OH excluding ortho intramolecular Hbond substituents is 1. The first-order chi connectivity index (χ1) is 18.9. The lowest BCUT2D eigenvalue weighted by atomic mass is 10.00. The van der Waals surface area contributed by atoms with Crippen molar-refractivity contribution in [3.63, 3.8) is 0 Å². The fourth-order valence-corrected chi connectivity index (χ4v) is 5.00. The minimum atomic E-state index is -0.734. The average Bonchev–Trinajstić information content (AvgIpc) is 3.46. The van der Waals surface area contributed by atoms with Gasteiger partial charge in [0.2, 0.25) is 11.7 Å². The maximum absolute atomic E-state index is 13.2. The molecule has 0 radical (unpaired) electrons. The number of aromatic nitrogens is 1. The molecule has 9 nitrogen and oxygen atoms in total. The zero-order chi connectivity index (χ0) is 27.9. The average molecular weight is 570 g/mol. The standard InChI is InChI=1S/C28H28ClN3O6S/c1-35-23-10-7-17(12-21(23)30-28(34)22(31-29)11-16-5-8-19(33)9-6-16)20-15-39-32-26(20)18-13-24(36-2)27(38-4)25(14-18)37-3/h5-10,12-15,22,31,33H,11H2,1-4H3,(H,30,34)/t22-/m1/s1. The van der Waals surface area contributed by atoms with Crippen LogP contribution in [0.1, 0.15) is 5.56 Å². The summed E-state index contributed by atoms with van der Waals surface area (Å²) >= 11 is 7.23. The van der Waals surface area contributed by atoms with E-state index in [2.05, 4.69) is 14.5 Å². The molecular formula is C28H28ClN3O6S. The van der Waals surface area contributed by atoms with Gasteiger partial charge < -0.3 is 29.4 Å². The number of ether oxygens (including phenoxy) is 4. The molecule has 1 amide bonds. The number of methoxy groups -OCH3 is 4. The number of carbonyl (C=O) groups is 1. The van der Waals surface area contributed by atoms with Gasteiger partial charge >= 0.3 is 0 Å². The van der Waals surface area contributed by atoms with E-state index in [4.69, 9.17) is 30.7 Å². The maximum atomic E-state index is 13.2. The molecule has 39 heavy (non-hydrogen) atoms. The number of amides is 1. The molecule has 0 fully saturated rings. The lowest BCUT2D eigenvalue weighted by molar-refractivity contribution is -0.117. The minimum absolute atomic E-state index is 0.147. The molecule has 4 aromatic rings. The van der Waals surface area contributed by atoms with E-state index < -0.39 is 6.04 Å². The lowest BCUT2D eigenvalue weighted by Gasteiger charge is -2.17. The third kappa shape index (κ3) is 6.19. The van der Waals surface area contributed by atoms with E-state index in [9.17, 15) is 9.90 Å². The third-order valence-corrected chi connectivity index (χ3v) is 6.99. The number of hydrogen-bond donors (Lipinski definition) is 3. The molecule has 0 spiro atoms. The number of benzene rings is 3. The molecule has 1 aromatic heterocycles. The number of nitrogens with one attached hydrogen (secondary N) is 2. The number of nitrogens with zero attached hydrogens (tertiary/aromatic N) is 1. The molecule has 0 unspecified atom stereocenters. The van der Waals surface area contributed by atoms with Gasteiger partial charge in [0.25, 0.3) is 0 Å². The number of phenols is 1. The number of halogens is 1. The zero-order valence-corrected chi connectivity index (χ0v) is 23.4. The van der Waals surface area contributed by atoms with Crippen molar-refractivity contribution < 1.29 is 28.8 Å². The fraction of sp³-hybridized carbons (Fsp3) is 0.214. The Morgan fingerprint density at radius 2 is 1.59 bits per heavy atom. The van der Waals surface area contributed by atoms with E-state index in [1.54, 1.807) is 51.7 Å². The second kappa shape index (κ2) is 12.7.